The van der Waals surface area contributed by atoms with Gasteiger partial charge < -0.3 is 9.84 Å². The largest absolute Gasteiger partial charge is 0.480 e. The van der Waals surface area contributed by atoms with Gasteiger partial charge in [0.05, 0.1) is 13.2 Å². The van der Waals surface area contributed by atoms with E-state index in [0.717, 1.165) is 5.56 Å². The van der Waals surface area contributed by atoms with E-state index in [2.05, 4.69) is 0 Å². The van der Waals surface area contributed by atoms with Crippen LogP contribution in [0.25, 0.3) is 0 Å². The van der Waals surface area contributed by atoms with E-state index in [1.54, 1.807) is 0 Å². The Labute approximate surface area is 107 Å². The maximum Gasteiger partial charge on any atom is 0.321 e. The van der Waals surface area contributed by atoms with Gasteiger partial charge in [0.15, 0.2) is 0 Å². The number of aliphatic carboxylic acids is 1. The number of ether oxygens (including phenoxy) is 1. The molecule has 1 aromatic rings. The first-order valence-corrected chi connectivity index (χ1v) is 6.27. The van der Waals surface area contributed by atoms with Crippen LogP contribution in [0.1, 0.15) is 11.1 Å². The van der Waals surface area contributed by atoms with Crippen LogP contribution in [0.4, 0.5) is 0 Å². The van der Waals surface area contributed by atoms with Crippen LogP contribution in [0.15, 0.2) is 24.3 Å². The second-order valence-electron chi connectivity index (χ2n) is 4.69. The third kappa shape index (κ3) is 3.31. The molecule has 1 aliphatic heterocycles. The fourth-order valence-corrected chi connectivity index (χ4v) is 2.21. The van der Waals surface area contributed by atoms with Crippen LogP contribution >= 0.6 is 0 Å². The second kappa shape index (κ2) is 5.98. The smallest absolute Gasteiger partial charge is 0.321 e. The summed E-state index contributed by atoms with van der Waals surface area (Å²) in [6.45, 7) is 4.67. The highest BCUT2D eigenvalue weighted by molar-refractivity contribution is 5.74. The van der Waals surface area contributed by atoms with Gasteiger partial charge in [0, 0.05) is 13.1 Å². The van der Waals surface area contributed by atoms with Crippen LogP contribution in [0.3, 0.4) is 0 Å². The summed E-state index contributed by atoms with van der Waals surface area (Å²) < 4.78 is 5.26. The molecule has 98 valence electrons. The number of morpholine rings is 1. The highest BCUT2D eigenvalue weighted by Gasteiger charge is 2.27. The molecule has 1 fully saturated rings. The minimum atomic E-state index is -0.752. The minimum absolute atomic E-state index is 0.448. The van der Waals surface area contributed by atoms with E-state index >= 15 is 0 Å². The Hall–Kier alpha value is -1.39. The summed E-state index contributed by atoms with van der Waals surface area (Å²) in [6, 6.07) is 7.61. The Bertz CT molecular complexity index is 396. The van der Waals surface area contributed by atoms with E-state index in [0.29, 0.717) is 32.7 Å². The molecular weight excluding hydrogens is 230 g/mol. The van der Waals surface area contributed by atoms with Gasteiger partial charge >= 0.3 is 5.97 Å². The van der Waals surface area contributed by atoms with Crippen molar-refractivity contribution in [3.63, 3.8) is 0 Å². The molecule has 2 rings (SSSR count). The van der Waals surface area contributed by atoms with E-state index in [1.165, 1.54) is 5.56 Å². The summed E-state index contributed by atoms with van der Waals surface area (Å²) >= 11 is 0. The Morgan fingerprint density at radius 1 is 1.33 bits per heavy atom. The Morgan fingerprint density at radius 2 is 1.94 bits per heavy atom. The van der Waals surface area contributed by atoms with Crippen LogP contribution in [0.2, 0.25) is 0 Å². The van der Waals surface area contributed by atoms with Gasteiger partial charge in [-0.25, -0.2) is 0 Å². The molecule has 0 aromatic heterocycles. The second-order valence-corrected chi connectivity index (χ2v) is 4.69. The molecule has 0 saturated carbocycles. The van der Waals surface area contributed by atoms with Crippen LogP contribution in [-0.2, 0) is 16.0 Å². The maximum absolute atomic E-state index is 11.4. The molecule has 1 saturated heterocycles. The van der Waals surface area contributed by atoms with Gasteiger partial charge in [-0.3, -0.25) is 9.69 Å². The molecular formula is C14H19NO3. The molecule has 1 atom stereocenters. The molecule has 0 bridgehead atoms. The van der Waals surface area contributed by atoms with E-state index in [4.69, 9.17) is 4.74 Å². The number of hydrogen-bond acceptors (Lipinski definition) is 3. The lowest BCUT2D eigenvalue weighted by Crippen LogP contribution is -2.48. The van der Waals surface area contributed by atoms with Gasteiger partial charge in [-0.15, -0.1) is 0 Å². The predicted octanol–water partition coefficient (Wildman–Crippen LogP) is 1.32. The highest BCUT2D eigenvalue weighted by atomic mass is 16.5. The van der Waals surface area contributed by atoms with Crippen LogP contribution in [-0.4, -0.2) is 48.3 Å². The topological polar surface area (TPSA) is 49.8 Å². The molecule has 1 aromatic carbocycles. The fraction of sp³-hybridized carbons (Fsp3) is 0.500. The highest BCUT2D eigenvalue weighted by Crippen LogP contribution is 2.12. The maximum atomic E-state index is 11.4. The van der Waals surface area contributed by atoms with Crippen LogP contribution in [0, 0.1) is 6.92 Å². The van der Waals surface area contributed by atoms with Gasteiger partial charge in [0.1, 0.15) is 6.04 Å². The van der Waals surface area contributed by atoms with Crippen molar-refractivity contribution < 1.29 is 14.6 Å². The summed E-state index contributed by atoms with van der Waals surface area (Å²) in [6.07, 6.45) is 0.551. The molecule has 4 heteroatoms. The summed E-state index contributed by atoms with van der Waals surface area (Å²) in [5.74, 6) is -0.752. The van der Waals surface area contributed by atoms with E-state index in [1.807, 2.05) is 36.1 Å². The van der Waals surface area contributed by atoms with Crippen molar-refractivity contribution in [3.8, 4) is 0 Å². The fourth-order valence-electron chi connectivity index (χ4n) is 2.21. The van der Waals surface area contributed by atoms with Crippen LogP contribution < -0.4 is 0 Å². The minimum Gasteiger partial charge on any atom is -0.480 e. The van der Waals surface area contributed by atoms with Crippen molar-refractivity contribution in [1.82, 2.24) is 4.90 Å². The third-order valence-electron chi connectivity index (χ3n) is 3.32. The normalized spacial score (nSPS) is 18.5. The average Bonchev–Trinajstić information content (AvgIpc) is 2.38. The molecule has 18 heavy (non-hydrogen) atoms. The lowest BCUT2D eigenvalue weighted by atomic mass is 10.0. The zero-order valence-electron chi connectivity index (χ0n) is 10.6. The third-order valence-corrected chi connectivity index (χ3v) is 3.32. The lowest BCUT2D eigenvalue weighted by Gasteiger charge is -2.32. The van der Waals surface area contributed by atoms with E-state index < -0.39 is 12.0 Å². The molecule has 1 aliphatic rings. The van der Waals surface area contributed by atoms with Gasteiger partial charge in [-0.2, -0.15) is 0 Å². The van der Waals surface area contributed by atoms with E-state index in [9.17, 15) is 9.90 Å². The molecule has 0 unspecified atom stereocenters. The molecule has 0 spiro atoms. The zero-order chi connectivity index (χ0) is 13.0. The monoisotopic (exact) mass is 249 g/mol. The van der Waals surface area contributed by atoms with Crippen molar-refractivity contribution in [1.29, 1.82) is 0 Å². The average molecular weight is 249 g/mol. The first-order chi connectivity index (χ1) is 8.66. The molecule has 4 nitrogen and oxygen atoms in total. The number of nitrogens with zero attached hydrogens (tertiary/aromatic N) is 1. The molecule has 1 N–H and O–H groups in total. The van der Waals surface area contributed by atoms with Crippen molar-refractivity contribution in [2.45, 2.75) is 19.4 Å². The summed E-state index contributed by atoms with van der Waals surface area (Å²) in [5, 5.41) is 9.36. The van der Waals surface area contributed by atoms with Crippen LogP contribution in [0.5, 0.6) is 0 Å². The number of aryl methyl sites for hydroxylation is 1. The summed E-state index contributed by atoms with van der Waals surface area (Å²) in [4.78, 5) is 13.4. The number of carbonyl (C=O) groups is 1. The van der Waals surface area contributed by atoms with Crippen molar-refractivity contribution in [2.24, 2.45) is 0 Å². The number of rotatable bonds is 4. The first kappa shape index (κ1) is 13.1. The Morgan fingerprint density at radius 3 is 2.50 bits per heavy atom. The van der Waals surface area contributed by atoms with Gasteiger partial charge in [-0.05, 0) is 18.9 Å². The first-order valence-electron chi connectivity index (χ1n) is 6.27. The molecule has 1 heterocycles. The van der Waals surface area contributed by atoms with Gasteiger partial charge in [0.25, 0.3) is 0 Å². The summed E-state index contributed by atoms with van der Waals surface area (Å²) in [5.41, 5.74) is 2.26. The van der Waals surface area contributed by atoms with Crippen molar-refractivity contribution >= 4 is 5.97 Å². The summed E-state index contributed by atoms with van der Waals surface area (Å²) in [7, 11) is 0. The standard InChI is InChI=1S/C14H19NO3/c1-11-2-4-12(5-3-11)10-13(14(16)17)15-6-8-18-9-7-15/h2-5,13H,6-10H2,1H3,(H,16,17)/t13-/m0/s1. The zero-order valence-corrected chi connectivity index (χ0v) is 10.6. The number of carboxylic acid groups (broad SMARTS) is 1. The van der Waals surface area contributed by atoms with Gasteiger partial charge in [-0.1, -0.05) is 29.8 Å². The molecule has 0 aliphatic carbocycles. The number of hydrogen-bond donors (Lipinski definition) is 1. The lowest BCUT2D eigenvalue weighted by molar-refractivity contribution is -0.145. The number of carboxylic acids is 1. The molecule has 0 amide bonds. The van der Waals surface area contributed by atoms with Crippen molar-refractivity contribution in [3.05, 3.63) is 35.4 Å². The molecule has 0 radical (unpaired) electrons. The Balaban J connectivity index is 2.05. The predicted molar refractivity (Wildman–Crippen MR) is 68.7 cm³/mol. The van der Waals surface area contributed by atoms with Gasteiger partial charge in [0.2, 0.25) is 0 Å². The number of benzene rings is 1. The van der Waals surface area contributed by atoms with Crippen molar-refractivity contribution in [2.75, 3.05) is 26.3 Å². The SMILES string of the molecule is Cc1ccc(C[C@@H](C(=O)O)N2CCOCC2)cc1. The Kier molecular flexibility index (Phi) is 4.33. The van der Waals surface area contributed by atoms with E-state index in [-0.39, 0.29) is 0 Å². The quantitative estimate of drug-likeness (QED) is 0.874.